The lowest BCUT2D eigenvalue weighted by atomic mass is 10.00. The van der Waals surface area contributed by atoms with Gasteiger partial charge in [0.05, 0.1) is 25.6 Å². The third-order valence-corrected chi connectivity index (χ3v) is 1.53. The summed E-state index contributed by atoms with van der Waals surface area (Å²) in [5, 5.41) is 11.3. The van der Waals surface area contributed by atoms with Crippen LogP contribution in [0.2, 0.25) is 0 Å². The minimum Gasteiger partial charge on any atom is -0.357 e. The molecule has 0 amide bonds. The lowest BCUT2D eigenvalue weighted by molar-refractivity contribution is 0.387. The Balaban J connectivity index is 2.55. The first-order valence-electron chi connectivity index (χ1n) is 3.06. The van der Waals surface area contributed by atoms with Crippen LogP contribution >= 0.6 is 0 Å². The molecule has 1 heterocycles. The van der Waals surface area contributed by atoms with Crippen LogP contribution in [0.4, 0.5) is 4.39 Å². The van der Waals surface area contributed by atoms with E-state index >= 15 is 0 Å². The van der Waals surface area contributed by atoms with Crippen molar-refractivity contribution in [1.29, 1.82) is 5.26 Å². The monoisotopic (exact) mass is 141 g/mol. The van der Waals surface area contributed by atoms with Gasteiger partial charge >= 0.3 is 0 Å². The molecule has 3 nitrogen and oxygen atoms in total. The molecule has 0 saturated heterocycles. The summed E-state index contributed by atoms with van der Waals surface area (Å²) in [6.07, 6.45) is 1.67. The molecule has 0 saturated carbocycles. The Kier molecular flexibility index (Phi) is 1.86. The summed E-state index contributed by atoms with van der Waals surface area (Å²) in [6, 6.07) is 2.00. The molecule has 0 aromatic heterocycles. The van der Waals surface area contributed by atoms with Gasteiger partial charge in [-0.2, -0.15) is 5.26 Å². The summed E-state index contributed by atoms with van der Waals surface area (Å²) in [5.74, 6) is 0. The highest BCUT2D eigenvalue weighted by molar-refractivity contribution is 5.60. The molecule has 0 aliphatic carbocycles. The van der Waals surface area contributed by atoms with Gasteiger partial charge in [-0.25, -0.2) is 0 Å². The van der Waals surface area contributed by atoms with Crippen LogP contribution in [0.15, 0.2) is 4.99 Å². The molecule has 0 bridgehead atoms. The fourth-order valence-corrected chi connectivity index (χ4v) is 0.852. The maximum absolute atomic E-state index is 11.8. The molecule has 1 aliphatic rings. The number of rotatable bonds is 2. The molecule has 0 fully saturated rings. The number of nitrogens with zero attached hydrogens (tertiary/aromatic N) is 2. The SMILES string of the molecule is N#CC1(CCF)CN=CN1. The van der Waals surface area contributed by atoms with Crippen LogP contribution < -0.4 is 5.32 Å². The van der Waals surface area contributed by atoms with E-state index in [9.17, 15) is 4.39 Å². The van der Waals surface area contributed by atoms with Gasteiger partial charge in [-0.05, 0) is 0 Å². The zero-order valence-corrected chi connectivity index (χ0v) is 5.47. The van der Waals surface area contributed by atoms with Gasteiger partial charge in [-0.15, -0.1) is 0 Å². The first-order chi connectivity index (χ1) is 4.83. The smallest absolute Gasteiger partial charge is 0.148 e. The first-order valence-corrected chi connectivity index (χ1v) is 3.06. The Hall–Kier alpha value is -1.11. The molecule has 1 unspecified atom stereocenters. The second-order valence-corrected chi connectivity index (χ2v) is 2.25. The van der Waals surface area contributed by atoms with Gasteiger partial charge in [-0.3, -0.25) is 9.38 Å². The van der Waals surface area contributed by atoms with Crippen LogP contribution in [0.3, 0.4) is 0 Å². The fraction of sp³-hybridized carbons (Fsp3) is 0.667. The van der Waals surface area contributed by atoms with Gasteiger partial charge < -0.3 is 5.32 Å². The van der Waals surface area contributed by atoms with Crippen LogP contribution in [0.25, 0.3) is 0 Å². The maximum atomic E-state index is 11.8. The Bertz CT molecular complexity index is 174. The van der Waals surface area contributed by atoms with Gasteiger partial charge in [0.25, 0.3) is 0 Å². The summed E-state index contributed by atoms with van der Waals surface area (Å²) >= 11 is 0. The van der Waals surface area contributed by atoms with Crippen molar-refractivity contribution in [3.05, 3.63) is 0 Å². The molecule has 0 radical (unpaired) electrons. The lowest BCUT2D eigenvalue weighted by Crippen LogP contribution is -2.41. The van der Waals surface area contributed by atoms with Gasteiger partial charge in [0.2, 0.25) is 0 Å². The molecule has 10 heavy (non-hydrogen) atoms. The van der Waals surface area contributed by atoms with E-state index in [0.29, 0.717) is 6.54 Å². The molecule has 54 valence electrons. The normalized spacial score (nSPS) is 29.6. The van der Waals surface area contributed by atoms with Gasteiger partial charge in [0.1, 0.15) is 5.54 Å². The average molecular weight is 141 g/mol. The number of nitriles is 1. The largest absolute Gasteiger partial charge is 0.357 e. The molecule has 0 aromatic rings. The van der Waals surface area contributed by atoms with E-state index in [0.717, 1.165) is 0 Å². The minimum absolute atomic E-state index is 0.212. The number of halogens is 1. The highest BCUT2D eigenvalue weighted by Gasteiger charge is 2.30. The van der Waals surface area contributed by atoms with E-state index < -0.39 is 12.2 Å². The van der Waals surface area contributed by atoms with Crippen molar-refractivity contribution >= 4 is 6.34 Å². The van der Waals surface area contributed by atoms with Crippen LogP contribution in [0, 0.1) is 11.3 Å². The summed E-state index contributed by atoms with van der Waals surface area (Å²) in [6.45, 7) is -0.114. The number of aliphatic imine (C=N–C) groups is 1. The fourth-order valence-electron chi connectivity index (χ4n) is 0.852. The summed E-state index contributed by atoms with van der Waals surface area (Å²) < 4.78 is 11.8. The second-order valence-electron chi connectivity index (χ2n) is 2.25. The van der Waals surface area contributed by atoms with Crippen LogP contribution in [0.5, 0.6) is 0 Å². The standard InChI is InChI=1S/C6H8FN3/c7-2-1-6(3-8)4-9-5-10-6/h5H,1-2,4H2,(H,9,10). The number of hydrogen-bond donors (Lipinski definition) is 1. The highest BCUT2D eigenvalue weighted by Crippen LogP contribution is 2.12. The molecule has 1 aliphatic heterocycles. The van der Waals surface area contributed by atoms with Crippen molar-refractivity contribution in [2.45, 2.75) is 12.0 Å². The van der Waals surface area contributed by atoms with Gasteiger partial charge in [-0.1, -0.05) is 0 Å². The van der Waals surface area contributed by atoms with Crippen molar-refractivity contribution in [3.8, 4) is 6.07 Å². The van der Waals surface area contributed by atoms with E-state index in [-0.39, 0.29) is 6.42 Å². The summed E-state index contributed by atoms with van der Waals surface area (Å²) in [4.78, 5) is 3.80. The number of hydrogen-bond acceptors (Lipinski definition) is 3. The van der Waals surface area contributed by atoms with Crippen molar-refractivity contribution < 1.29 is 4.39 Å². The third-order valence-electron chi connectivity index (χ3n) is 1.53. The average Bonchev–Trinajstić information content (AvgIpc) is 2.39. The molecule has 1 atom stereocenters. The molecule has 4 heteroatoms. The van der Waals surface area contributed by atoms with Gasteiger partial charge in [0, 0.05) is 6.42 Å². The topological polar surface area (TPSA) is 48.2 Å². The number of nitrogens with one attached hydrogen (secondary N) is 1. The van der Waals surface area contributed by atoms with Crippen LogP contribution in [0.1, 0.15) is 6.42 Å². The maximum Gasteiger partial charge on any atom is 0.148 e. The minimum atomic E-state index is -0.755. The third kappa shape index (κ3) is 1.08. The predicted molar refractivity (Wildman–Crippen MR) is 35.4 cm³/mol. The van der Waals surface area contributed by atoms with E-state index in [1.807, 2.05) is 6.07 Å². The van der Waals surface area contributed by atoms with Crippen LogP contribution in [-0.2, 0) is 0 Å². The molecule has 1 rings (SSSR count). The Morgan fingerprint density at radius 2 is 2.70 bits per heavy atom. The van der Waals surface area contributed by atoms with Gasteiger partial charge in [0.15, 0.2) is 0 Å². The van der Waals surface area contributed by atoms with Crippen molar-refractivity contribution in [2.75, 3.05) is 13.2 Å². The molecular weight excluding hydrogens is 133 g/mol. The first kappa shape index (κ1) is 7.00. The lowest BCUT2D eigenvalue weighted by Gasteiger charge is -2.17. The predicted octanol–water partition coefficient (Wildman–Crippen LogP) is 0.240. The van der Waals surface area contributed by atoms with E-state index in [1.54, 1.807) is 0 Å². The van der Waals surface area contributed by atoms with Crippen LogP contribution in [-0.4, -0.2) is 25.1 Å². The molecular formula is C6H8FN3. The van der Waals surface area contributed by atoms with Crippen molar-refractivity contribution in [2.24, 2.45) is 4.99 Å². The van der Waals surface area contributed by atoms with E-state index in [1.165, 1.54) is 6.34 Å². The zero-order valence-electron chi connectivity index (χ0n) is 5.47. The summed E-state index contributed by atoms with van der Waals surface area (Å²) in [5.41, 5.74) is -0.755. The second kappa shape index (κ2) is 2.65. The Morgan fingerprint density at radius 1 is 1.90 bits per heavy atom. The highest BCUT2D eigenvalue weighted by atomic mass is 19.1. The van der Waals surface area contributed by atoms with Crippen molar-refractivity contribution in [3.63, 3.8) is 0 Å². The van der Waals surface area contributed by atoms with E-state index in [4.69, 9.17) is 5.26 Å². The molecule has 1 N–H and O–H groups in total. The number of alkyl halides is 1. The molecule has 0 aromatic carbocycles. The molecule has 0 spiro atoms. The zero-order chi connectivity index (χ0) is 7.45. The van der Waals surface area contributed by atoms with E-state index in [2.05, 4.69) is 10.3 Å². The summed E-state index contributed by atoms with van der Waals surface area (Å²) in [7, 11) is 0. The quantitative estimate of drug-likeness (QED) is 0.598. The Labute approximate surface area is 58.6 Å². The van der Waals surface area contributed by atoms with Crippen molar-refractivity contribution in [1.82, 2.24) is 5.32 Å². The Morgan fingerprint density at radius 3 is 3.10 bits per heavy atom.